The van der Waals surface area contributed by atoms with Gasteiger partial charge in [0.2, 0.25) is 11.6 Å². The molecule has 11 heteroatoms. The lowest BCUT2D eigenvalue weighted by Gasteiger charge is -2.08. The normalized spacial score (nSPS) is 17.8. The largest absolute Gasteiger partial charge is 0.316 e. The van der Waals surface area contributed by atoms with Crippen LogP contribution in [0.4, 0.5) is 0 Å². The Morgan fingerprint density at radius 3 is 1.82 bits per heavy atom. The van der Waals surface area contributed by atoms with E-state index in [2.05, 4.69) is 10.2 Å². The van der Waals surface area contributed by atoms with Crippen LogP contribution in [0.1, 0.15) is 0 Å². The van der Waals surface area contributed by atoms with E-state index >= 15 is 0 Å². The SMILES string of the molecule is NOS(=O)(=O)C1=CC(=O)C(S(=O)(=O)O)=CC1=O. The van der Waals surface area contributed by atoms with E-state index in [0.29, 0.717) is 0 Å². The fraction of sp³-hybridized carbons (Fsp3) is 0. The summed E-state index contributed by atoms with van der Waals surface area (Å²) in [5.74, 6) is 1.67. The average Bonchev–Trinajstić information content (AvgIpc) is 2.19. The highest BCUT2D eigenvalue weighted by molar-refractivity contribution is 7.92. The second-order valence-electron chi connectivity index (χ2n) is 2.77. The molecule has 17 heavy (non-hydrogen) atoms. The standard InChI is InChI=1S/C6H5NO8S2/c7-15-17(13,14)6-2-3(8)5(1-4(6)9)16(10,11)12/h1-2H,7H2,(H,10,11,12). The van der Waals surface area contributed by atoms with E-state index in [-0.39, 0.29) is 12.2 Å². The molecule has 0 saturated carbocycles. The van der Waals surface area contributed by atoms with Crippen molar-refractivity contribution in [3.8, 4) is 0 Å². The first-order valence-electron chi connectivity index (χ1n) is 3.72. The number of rotatable bonds is 3. The number of ketones is 2. The Bertz CT molecular complexity index is 650. The second kappa shape index (κ2) is 4.12. The molecule has 0 amide bonds. The summed E-state index contributed by atoms with van der Waals surface area (Å²) in [7, 11) is -9.53. The fourth-order valence-corrected chi connectivity index (χ4v) is 2.20. The van der Waals surface area contributed by atoms with Gasteiger partial charge in [-0.25, -0.2) is 0 Å². The lowest BCUT2D eigenvalue weighted by Crippen LogP contribution is -2.25. The van der Waals surface area contributed by atoms with Crippen LogP contribution in [0.3, 0.4) is 0 Å². The van der Waals surface area contributed by atoms with Gasteiger partial charge in [-0.3, -0.25) is 14.1 Å². The number of carbonyl (C=O) groups is 2. The van der Waals surface area contributed by atoms with Crippen molar-refractivity contribution < 1.29 is 35.3 Å². The van der Waals surface area contributed by atoms with Gasteiger partial charge in [-0.15, -0.1) is 0 Å². The van der Waals surface area contributed by atoms with Crippen molar-refractivity contribution in [3.63, 3.8) is 0 Å². The van der Waals surface area contributed by atoms with E-state index in [0.717, 1.165) is 0 Å². The molecule has 0 fully saturated rings. The summed E-state index contributed by atoms with van der Waals surface area (Å²) in [6.45, 7) is 0. The van der Waals surface area contributed by atoms with Gasteiger partial charge in [0.25, 0.3) is 10.1 Å². The molecule has 0 aromatic heterocycles. The average molecular weight is 283 g/mol. The Labute approximate surface area is 95.4 Å². The Morgan fingerprint density at radius 1 is 1.00 bits per heavy atom. The molecule has 0 saturated heterocycles. The van der Waals surface area contributed by atoms with Crippen molar-refractivity contribution in [3.05, 3.63) is 22.0 Å². The number of allylic oxidation sites excluding steroid dienone is 4. The van der Waals surface area contributed by atoms with E-state index in [4.69, 9.17) is 4.55 Å². The lowest BCUT2D eigenvalue weighted by atomic mass is 10.2. The highest BCUT2D eigenvalue weighted by Gasteiger charge is 2.34. The molecule has 0 bridgehead atoms. The highest BCUT2D eigenvalue weighted by atomic mass is 32.2. The monoisotopic (exact) mass is 283 g/mol. The molecule has 9 nitrogen and oxygen atoms in total. The zero-order chi connectivity index (χ0) is 13.4. The Balaban J connectivity index is 3.36. The summed E-state index contributed by atoms with van der Waals surface area (Å²) >= 11 is 0. The first-order valence-corrected chi connectivity index (χ1v) is 6.57. The third-order valence-electron chi connectivity index (χ3n) is 1.68. The molecule has 0 aromatic rings. The van der Waals surface area contributed by atoms with Crippen LogP contribution in [0.15, 0.2) is 22.0 Å². The van der Waals surface area contributed by atoms with E-state index in [1.165, 1.54) is 0 Å². The predicted molar refractivity (Wildman–Crippen MR) is 51.9 cm³/mol. The molecule has 1 aliphatic rings. The molecule has 94 valence electrons. The maximum absolute atomic E-state index is 11.2. The Hall–Kier alpha value is -1.40. The van der Waals surface area contributed by atoms with Crippen LogP contribution >= 0.6 is 0 Å². The minimum atomic E-state index is -4.90. The highest BCUT2D eigenvalue weighted by Crippen LogP contribution is 2.20. The van der Waals surface area contributed by atoms with Crippen LogP contribution in [0, 0.1) is 0 Å². The number of carbonyl (C=O) groups excluding carboxylic acids is 2. The van der Waals surface area contributed by atoms with Gasteiger partial charge in [0, 0.05) is 12.2 Å². The van der Waals surface area contributed by atoms with E-state index in [1.807, 2.05) is 0 Å². The quantitative estimate of drug-likeness (QED) is 0.340. The topological polar surface area (TPSA) is 158 Å². The molecule has 1 aliphatic carbocycles. The predicted octanol–water partition coefficient (Wildman–Crippen LogP) is -1.99. The van der Waals surface area contributed by atoms with E-state index < -0.39 is 41.6 Å². The van der Waals surface area contributed by atoms with E-state index in [9.17, 15) is 26.4 Å². The molecule has 0 radical (unpaired) electrons. The summed E-state index contributed by atoms with van der Waals surface area (Å²) in [6, 6.07) is 0. The first kappa shape index (κ1) is 13.7. The number of hydrogen-bond donors (Lipinski definition) is 2. The summed E-state index contributed by atoms with van der Waals surface area (Å²) < 4.78 is 55.4. The molecule has 0 heterocycles. The van der Waals surface area contributed by atoms with Gasteiger partial charge in [0.05, 0.1) is 0 Å². The fourth-order valence-electron chi connectivity index (χ4n) is 0.971. The van der Waals surface area contributed by atoms with Crippen molar-refractivity contribution >= 4 is 31.8 Å². The Morgan fingerprint density at radius 2 is 1.41 bits per heavy atom. The van der Waals surface area contributed by atoms with Crippen LogP contribution in [-0.2, 0) is 34.1 Å². The van der Waals surface area contributed by atoms with Gasteiger partial charge in [0.15, 0.2) is 0 Å². The van der Waals surface area contributed by atoms with Crippen molar-refractivity contribution in [2.24, 2.45) is 5.90 Å². The van der Waals surface area contributed by atoms with E-state index in [1.54, 1.807) is 0 Å². The molecule has 0 spiro atoms. The zero-order valence-corrected chi connectivity index (χ0v) is 9.49. The van der Waals surface area contributed by atoms with Crippen molar-refractivity contribution in [1.82, 2.24) is 0 Å². The molecule has 0 unspecified atom stereocenters. The summed E-state index contributed by atoms with van der Waals surface area (Å²) in [5.41, 5.74) is 0. The summed E-state index contributed by atoms with van der Waals surface area (Å²) in [4.78, 5) is 20.0. The summed E-state index contributed by atoms with van der Waals surface area (Å²) in [5, 5.41) is 0. The van der Waals surface area contributed by atoms with Crippen LogP contribution < -0.4 is 5.90 Å². The third-order valence-corrected chi connectivity index (χ3v) is 3.67. The minimum absolute atomic E-state index is 0.170. The van der Waals surface area contributed by atoms with Crippen LogP contribution in [-0.4, -0.2) is 33.0 Å². The van der Waals surface area contributed by atoms with Gasteiger partial charge in [0.1, 0.15) is 9.81 Å². The number of hydrogen-bond acceptors (Lipinski definition) is 8. The van der Waals surface area contributed by atoms with Gasteiger partial charge in [-0.1, -0.05) is 0 Å². The lowest BCUT2D eigenvalue weighted by molar-refractivity contribution is -0.114. The maximum Gasteiger partial charge on any atom is 0.316 e. The van der Waals surface area contributed by atoms with Gasteiger partial charge < -0.3 is 0 Å². The van der Waals surface area contributed by atoms with Gasteiger partial charge in [-0.05, 0) is 0 Å². The van der Waals surface area contributed by atoms with Crippen molar-refractivity contribution in [2.45, 2.75) is 0 Å². The van der Waals surface area contributed by atoms with Crippen molar-refractivity contribution in [2.75, 3.05) is 0 Å². The molecule has 0 atom stereocenters. The van der Waals surface area contributed by atoms with Crippen LogP contribution in [0.5, 0.6) is 0 Å². The zero-order valence-electron chi connectivity index (χ0n) is 7.85. The molecule has 0 aliphatic heterocycles. The maximum atomic E-state index is 11.2. The molecular weight excluding hydrogens is 278 g/mol. The first-order chi connectivity index (χ1) is 7.59. The smallest absolute Gasteiger partial charge is 0.288 e. The van der Waals surface area contributed by atoms with Gasteiger partial charge >= 0.3 is 10.1 Å². The van der Waals surface area contributed by atoms with Crippen molar-refractivity contribution in [1.29, 1.82) is 0 Å². The van der Waals surface area contributed by atoms with Gasteiger partial charge in [-0.2, -0.15) is 27.0 Å². The Kier molecular flexibility index (Phi) is 3.31. The summed E-state index contributed by atoms with van der Waals surface area (Å²) in [6.07, 6.45) is 0.372. The number of nitrogens with two attached hydrogens (primary N) is 1. The molecule has 1 rings (SSSR count). The molecule has 0 aromatic carbocycles. The molecular formula is C6H5NO8S2. The van der Waals surface area contributed by atoms with Crippen LogP contribution in [0.25, 0.3) is 0 Å². The second-order valence-corrected chi connectivity index (χ2v) is 5.70. The third kappa shape index (κ3) is 2.65. The molecule has 3 N–H and O–H groups in total. The van der Waals surface area contributed by atoms with Crippen LogP contribution in [0.2, 0.25) is 0 Å². The minimum Gasteiger partial charge on any atom is -0.288 e.